The van der Waals surface area contributed by atoms with Crippen molar-refractivity contribution >= 4 is 46.0 Å². The Labute approximate surface area is 263 Å². The Morgan fingerprint density at radius 2 is 1.93 bits per heavy atom. The van der Waals surface area contributed by atoms with Crippen molar-refractivity contribution in [2.75, 3.05) is 51.7 Å². The van der Waals surface area contributed by atoms with E-state index in [-0.39, 0.29) is 43.2 Å². The number of anilines is 1. The normalized spacial score (nSPS) is 21.3. The van der Waals surface area contributed by atoms with Gasteiger partial charge in [0.2, 0.25) is 11.9 Å². The molecule has 1 saturated heterocycles. The molecule has 1 aliphatic rings. The SMILES string of the molecule is CC(C)C(=O)Nc1nc2c(ncn2C2CC(OP(=O)(OCCC#N)OCCCN(C)C)C(COP(=O)(O)CP(=O)(O)O)O2)c(=O)[nH]1. The molecule has 1 fully saturated rings. The van der Waals surface area contributed by atoms with Crippen LogP contribution in [0.3, 0.4) is 0 Å². The lowest BCUT2D eigenvalue weighted by Gasteiger charge is -2.25. The molecule has 46 heavy (non-hydrogen) atoms. The number of fused-ring (bicyclic) bond motifs is 1. The molecule has 0 saturated carbocycles. The summed E-state index contributed by atoms with van der Waals surface area (Å²) in [6.45, 7) is 2.74. The van der Waals surface area contributed by atoms with Gasteiger partial charge in [-0.15, -0.1) is 0 Å². The Morgan fingerprint density at radius 3 is 2.57 bits per heavy atom. The molecule has 0 aliphatic carbocycles. The summed E-state index contributed by atoms with van der Waals surface area (Å²) in [6.07, 6.45) is -2.28. The Bertz CT molecular complexity index is 1600. The second-order valence-corrected chi connectivity index (χ2v) is 16.4. The first-order chi connectivity index (χ1) is 21.4. The lowest BCUT2D eigenvalue weighted by Crippen LogP contribution is -2.29. The molecule has 2 aromatic rings. The number of H-pyrrole nitrogens is 1. The summed E-state index contributed by atoms with van der Waals surface area (Å²) >= 11 is 0. The maximum Gasteiger partial charge on any atom is 0.475 e. The van der Waals surface area contributed by atoms with Crippen molar-refractivity contribution in [2.45, 2.75) is 51.5 Å². The smallest absolute Gasteiger partial charge is 0.349 e. The van der Waals surface area contributed by atoms with Crippen molar-refractivity contribution in [1.82, 2.24) is 24.4 Å². The van der Waals surface area contributed by atoms with E-state index in [9.17, 15) is 28.2 Å². The maximum absolute atomic E-state index is 13.7. The van der Waals surface area contributed by atoms with E-state index < -0.39 is 71.3 Å². The van der Waals surface area contributed by atoms with Crippen LogP contribution in [-0.4, -0.2) is 104 Å². The highest BCUT2D eigenvalue weighted by Crippen LogP contribution is 2.57. The first-order valence-electron chi connectivity index (χ1n) is 14.0. The van der Waals surface area contributed by atoms with Gasteiger partial charge in [0.1, 0.15) is 18.4 Å². The lowest BCUT2D eigenvalue weighted by molar-refractivity contribution is -0.118. The summed E-state index contributed by atoms with van der Waals surface area (Å²) < 4.78 is 66.3. The molecule has 3 heterocycles. The molecule has 5 unspecified atom stereocenters. The van der Waals surface area contributed by atoms with Gasteiger partial charge in [-0.2, -0.15) is 10.2 Å². The average molecular weight is 714 g/mol. The zero-order chi connectivity index (χ0) is 34.3. The third-order valence-electron chi connectivity index (χ3n) is 6.22. The van der Waals surface area contributed by atoms with Gasteiger partial charge in [-0.3, -0.25) is 47.2 Å². The highest BCUT2D eigenvalue weighted by atomic mass is 31.2. The molecule has 2 aromatic heterocycles. The van der Waals surface area contributed by atoms with Crippen molar-refractivity contribution in [1.29, 1.82) is 5.26 Å². The summed E-state index contributed by atoms with van der Waals surface area (Å²) in [7, 11) is -10.5. The Morgan fingerprint density at radius 1 is 1.24 bits per heavy atom. The fraction of sp³-hybridized carbons (Fsp3) is 0.696. The molecule has 3 rings (SSSR count). The number of aromatic nitrogens is 4. The van der Waals surface area contributed by atoms with Crippen LogP contribution in [0.15, 0.2) is 11.1 Å². The van der Waals surface area contributed by atoms with E-state index in [2.05, 4.69) is 20.3 Å². The number of nitrogens with one attached hydrogen (secondary N) is 2. The molecule has 0 bridgehead atoms. The number of hydrogen-bond donors (Lipinski definition) is 5. The van der Waals surface area contributed by atoms with E-state index >= 15 is 0 Å². The van der Waals surface area contributed by atoms with Crippen molar-refractivity contribution in [2.24, 2.45) is 5.92 Å². The molecular formula is C23H38N7O13P3. The Kier molecular flexibility index (Phi) is 13.4. The molecule has 1 aliphatic heterocycles. The first-order valence-corrected chi connectivity index (χ1v) is 19.0. The van der Waals surface area contributed by atoms with Gasteiger partial charge in [-0.1, -0.05) is 13.8 Å². The third kappa shape index (κ3) is 11.4. The summed E-state index contributed by atoms with van der Waals surface area (Å²) in [5, 5.41) is 11.4. The fourth-order valence-electron chi connectivity index (χ4n) is 4.08. The minimum Gasteiger partial charge on any atom is -0.349 e. The minimum atomic E-state index is -4.95. The number of imidazole rings is 1. The van der Waals surface area contributed by atoms with E-state index in [4.69, 9.17) is 37.9 Å². The average Bonchev–Trinajstić information content (AvgIpc) is 3.53. The summed E-state index contributed by atoms with van der Waals surface area (Å²) in [6, 6.07) is 1.85. The largest absolute Gasteiger partial charge is 0.475 e. The topological polar surface area (TPSA) is 278 Å². The number of rotatable bonds is 18. The number of ether oxygens (including phenoxy) is 1. The van der Waals surface area contributed by atoms with Gasteiger partial charge < -0.3 is 28.8 Å². The molecule has 258 valence electrons. The monoisotopic (exact) mass is 713 g/mol. The van der Waals surface area contributed by atoms with Crippen LogP contribution in [0.4, 0.5) is 5.95 Å². The maximum atomic E-state index is 13.7. The van der Waals surface area contributed by atoms with Gasteiger partial charge in [0, 0.05) is 12.3 Å². The number of phosphoric ester groups is 1. The van der Waals surface area contributed by atoms with Gasteiger partial charge in [-0.05, 0) is 27.1 Å². The number of nitriles is 1. The van der Waals surface area contributed by atoms with Crippen LogP contribution in [0.2, 0.25) is 0 Å². The van der Waals surface area contributed by atoms with Gasteiger partial charge in [0.05, 0.1) is 38.6 Å². The van der Waals surface area contributed by atoms with Crippen LogP contribution in [0.5, 0.6) is 0 Å². The Balaban J connectivity index is 1.93. The minimum absolute atomic E-state index is 0.0177. The van der Waals surface area contributed by atoms with Crippen LogP contribution in [-0.2, 0) is 41.3 Å². The van der Waals surface area contributed by atoms with Gasteiger partial charge in [-0.25, -0.2) is 9.55 Å². The van der Waals surface area contributed by atoms with Crippen molar-refractivity contribution in [3.8, 4) is 6.07 Å². The Hall–Kier alpha value is -2.36. The summed E-state index contributed by atoms with van der Waals surface area (Å²) in [5.41, 5.74) is -0.802. The second kappa shape index (κ2) is 16.2. The van der Waals surface area contributed by atoms with Gasteiger partial charge in [0.15, 0.2) is 17.1 Å². The number of carbonyl (C=O) groups excluding carboxylic acids is 1. The second-order valence-electron chi connectivity index (χ2n) is 10.8. The molecule has 1 amide bonds. The van der Waals surface area contributed by atoms with Crippen molar-refractivity contribution < 1.29 is 56.0 Å². The van der Waals surface area contributed by atoms with Crippen LogP contribution in [0.25, 0.3) is 11.2 Å². The number of hydrogen-bond acceptors (Lipinski definition) is 14. The number of nitrogens with zero attached hydrogens (tertiary/aromatic N) is 5. The predicted molar refractivity (Wildman–Crippen MR) is 161 cm³/mol. The molecule has 23 heteroatoms. The third-order valence-corrected chi connectivity index (χ3v) is 11.2. The highest BCUT2D eigenvalue weighted by molar-refractivity contribution is 7.70. The first kappa shape index (κ1) is 38.1. The van der Waals surface area contributed by atoms with Crippen LogP contribution in [0, 0.1) is 17.2 Å². The molecule has 5 N–H and O–H groups in total. The molecule has 20 nitrogen and oxygen atoms in total. The number of carbonyl (C=O) groups is 1. The molecule has 0 spiro atoms. The van der Waals surface area contributed by atoms with Crippen molar-refractivity contribution in [3.05, 3.63) is 16.7 Å². The van der Waals surface area contributed by atoms with E-state index in [0.717, 1.165) is 0 Å². The lowest BCUT2D eigenvalue weighted by atomic mass is 10.2. The van der Waals surface area contributed by atoms with Crippen LogP contribution in [0.1, 0.15) is 39.3 Å². The number of aromatic amines is 1. The summed E-state index contributed by atoms with van der Waals surface area (Å²) in [5.74, 6) is -2.47. The summed E-state index contributed by atoms with van der Waals surface area (Å²) in [4.78, 5) is 65.9. The van der Waals surface area contributed by atoms with E-state index in [1.807, 2.05) is 25.1 Å². The molecule has 5 atom stereocenters. The fourth-order valence-corrected chi connectivity index (χ4v) is 8.06. The molecule has 0 radical (unpaired) electrons. The van der Waals surface area contributed by atoms with E-state index in [1.54, 1.807) is 13.8 Å². The van der Waals surface area contributed by atoms with Crippen LogP contribution >= 0.6 is 23.0 Å². The van der Waals surface area contributed by atoms with Gasteiger partial charge >= 0.3 is 23.0 Å². The predicted octanol–water partition coefficient (Wildman–Crippen LogP) is 1.73. The highest BCUT2D eigenvalue weighted by Gasteiger charge is 2.45. The molecule has 0 aromatic carbocycles. The van der Waals surface area contributed by atoms with E-state index in [1.165, 1.54) is 10.9 Å². The quantitative estimate of drug-likeness (QED) is 0.109. The van der Waals surface area contributed by atoms with Gasteiger partial charge in [0.25, 0.3) is 5.56 Å². The number of phosphoric acid groups is 1. The molecular weight excluding hydrogens is 675 g/mol. The zero-order valence-electron chi connectivity index (χ0n) is 25.5. The van der Waals surface area contributed by atoms with Crippen molar-refractivity contribution in [3.63, 3.8) is 0 Å². The zero-order valence-corrected chi connectivity index (χ0v) is 28.2. The van der Waals surface area contributed by atoms with E-state index in [0.29, 0.717) is 13.0 Å². The van der Waals surface area contributed by atoms with Crippen LogP contribution < -0.4 is 10.9 Å². The number of amides is 1. The standard InChI is InChI=1S/C23H38N7O13P3/c1-15(2)21(31)27-23-26-20-19(22(32)28-23)25-13-30(20)18-11-16(17(42-18)12-41-45(36,37)14-44(33,34)35)43-46(38,39-9-5-7-24)40-10-6-8-29(3)4/h13,15-18H,5-6,8-12,14H2,1-4H3,(H,36,37)(H2,33,34,35)(H2,26,27,28,31,32).